The van der Waals surface area contributed by atoms with E-state index in [1.165, 1.54) is 32.1 Å². The number of sulfone groups is 1. The molecular formula is C16H31NO4S2. The summed E-state index contributed by atoms with van der Waals surface area (Å²) in [5, 5.41) is -0.756. The van der Waals surface area contributed by atoms with E-state index in [0.717, 1.165) is 38.5 Å². The topological polar surface area (TPSA) is 80.3 Å². The molecule has 1 N–H and O–H groups in total. The van der Waals surface area contributed by atoms with Crippen LogP contribution in [0.3, 0.4) is 0 Å². The van der Waals surface area contributed by atoms with Gasteiger partial charge in [0.25, 0.3) is 0 Å². The summed E-state index contributed by atoms with van der Waals surface area (Å²) in [6.07, 6.45) is 12.8. The minimum atomic E-state index is -3.53. The van der Waals surface area contributed by atoms with Crippen LogP contribution in [-0.4, -0.2) is 39.6 Å². The fraction of sp³-hybridized carbons (Fsp3) is 1.00. The second-order valence-electron chi connectivity index (χ2n) is 7.14. The fourth-order valence-electron chi connectivity index (χ4n) is 3.62. The van der Waals surface area contributed by atoms with Crippen molar-refractivity contribution in [1.82, 2.24) is 4.72 Å². The molecule has 0 aromatic carbocycles. The number of hydrogen-bond acceptors (Lipinski definition) is 4. The Bertz CT molecular complexity index is 545. The van der Waals surface area contributed by atoms with Gasteiger partial charge in [-0.15, -0.1) is 0 Å². The molecule has 0 radical (unpaired) electrons. The van der Waals surface area contributed by atoms with Gasteiger partial charge in [0.2, 0.25) is 10.0 Å². The number of hydrogen-bond donors (Lipinski definition) is 1. The van der Waals surface area contributed by atoms with Gasteiger partial charge in [-0.25, -0.2) is 21.6 Å². The zero-order chi connectivity index (χ0) is 16.8. The van der Waals surface area contributed by atoms with Crippen LogP contribution in [0.2, 0.25) is 0 Å². The van der Waals surface area contributed by atoms with Crippen LogP contribution in [-0.2, 0) is 19.9 Å². The predicted octanol–water partition coefficient (Wildman–Crippen LogP) is 2.77. The molecule has 0 spiro atoms. The zero-order valence-electron chi connectivity index (χ0n) is 14.0. The van der Waals surface area contributed by atoms with Crippen molar-refractivity contribution in [2.24, 2.45) is 0 Å². The van der Waals surface area contributed by atoms with E-state index in [0.29, 0.717) is 0 Å². The number of rotatable bonds is 3. The lowest BCUT2D eigenvalue weighted by molar-refractivity contribution is 0.438. The lowest BCUT2D eigenvalue weighted by Gasteiger charge is -2.21. The molecule has 5 nitrogen and oxygen atoms in total. The monoisotopic (exact) mass is 365 g/mol. The second-order valence-corrected chi connectivity index (χ2v) is 11.4. The Kier molecular flexibility index (Phi) is 7.35. The van der Waals surface area contributed by atoms with Crippen LogP contribution >= 0.6 is 0 Å². The summed E-state index contributed by atoms with van der Waals surface area (Å²) in [6, 6.07) is -0.0252. The summed E-state index contributed by atoms with van der Waals surface area (Å²) in [5.74, 6) is -0.210. The molecule has 23 heavy (non-hydrogen) atoms. The van der Waals surface area contributed by atoms with Gasteiger partial charge in [-0.05, 0) is 19.3 Å². The van der Waals surface area contributed by atoms with Crippen molar-refractivity contribution in [3.63, 3.8) is 0 Å². The lowest BCUT2D eigenvalue weighted by atomic mass is 9.98. The van der Waals surface area contributed by atoms with Gasteiger partial charge in [-0.3, -0.25) is 0 Å². The Morgan fingerprint density at radius 1 is 0.739 bits per heavy atom. The summed E-state index contributed by atoms with van der Waals surface area (Å²) in [6.45, 7) is 0. The third-order valence-electron chi connectivity index (χ3n) is 5.07. The minimum absolute atomic E-state index is 0.00322. The zero-order valence-corrected chi connectivity index (χ0v) is 15.6. The molecular weight excluding hydrogens is 334 g/mol. The third-order valence-corrected chi connectivity index (χ3v) is 8.99. The molecule has 136 valence electrons. The van der Waals surface area contributed by atoms with Crippen molar-refractivity contribution in [3.05, 3.63) is 0 Å². The molecule has 0 aromatic rings. The van der Waals surface area contributed by atoms with Crippen LogP contribution in [0.1, 0.15) is 77.0 Å². The van der Waals surface area contributed by atoms with Gasteiger partial charge in [0.1, 0.15) is 0 Å². The molecule has 2 fully saturated rings. The van der Waals surface area contributed by atoms with Crippen LogP contribution in [0.15, 0.2) is 0 Å². The van der Waals surface area contributed by atoms with Crippen LogP contribution in [0, 0.1) is 0 Å². The Hall–Kier alpha value is -0.140. The van der Waals surface area contributed by atoms with E-state index in [1.54, 1.807) is 0 Å². The smallest absolute Gasteiger partial charge is 0.215 e. The summed E-state index contributed by atoms with van der Waals surface area (Å²) < 4.78 is 50.9. The normalized spacial score (nSPS) is 28.8. The highest BCUT2D eigenvalue weighted by atomic mass is 32.2. The molecule has 7 heteroatoms. The lowest BCUT2D eigenvalue weighted by Crippen LogP contribution is -2.41. The fourth-order valence-corrected chi connectivity index (χ4v) is 7.97. The van der Waals surface area contributed by atoms with Crippen molar-refractivity contribution >= 4 is 19.9 Å². The van der Waals surface area contributed by atoms with Crippen molar-refractivity contribution in [1.29, 1.82) is 0 Å². The maximum atomic E-state index is 12.5. The van der Waals surface area contributed by atoms with Gasteiger partial charge in [-0.1, -0.05) is 57.8 Å². The van der Waals surface area contributed by atoms with Gasteiger partial charge in [0, 0.05) is 6.04 Å². The van der Waals surface area contributed by atoms with Gasteiger partial charge in [-0.2, -0.15) is 0 Å². The highest BCUT2D eigenvalue weighted by molar-refractivity contribution is 7.95. The molecule has 2 rings (SSSR count). The molecule has 0 amide bonds. The Labute approximate surface area is 141 Å². The Morgan fingerprint density at radius 2 is 1.22 bits per heavy atom. The van der Waals surface area contributed by atoms with E-state index in [9.17, 15) is 16.8 Å². The summed E-state index contributed by atoms with van der Waals surface area (Å²) in [5.41, 5.74) is 0. The van der Waals surface area contributed by atoms with E-state index in [-0.39, 0.29) is 24.0 Å². The Morgan fingerprint density at radius 3 is 1.65 bits per heavy atom. The molecule has 0 aromatic heterocycles. The molecule has 1 saturated carbocycles. The maximum Gasteiger partial charge on any atom is 0.215 e. The first-order valence-electron chi connectivity index (χ1n) is 9.11. The first kappa shape index (κ1) is 19.2. The molecule has 1 heterocycles. The summed E-state index contributed by atoms with van der Waals surface area (Å²) in [4.78, 5) is 0. The van der Waals surface area contributed by atoms with Crippen molar-refractivity contribution in [2.75, 3.05) is 11.5 Å². The van der Waals surface area contributed by atoms with Gasteiger partial charge < -0.3 is 0 Å². The second kappa shape index (κ2) is 8.81. The van der Waals surface area contributed by atoms with Crippen molar-refractivity contribution in [3.8, 4) is 0 Å². The van der Waals surface area contributed by atoms with Crippen molar-refractivity contribution in [2.45, 2.75) is 88.3 Å². The van der Waals surface area contributed by atoms with E-state index in [4.69, 9.17) is 0 Å². The standard InChI is InChI=1S/C16H31NO4S2/c18-22(19)13-12-16(14-22)23(20,21)17-15-10-8-6-4-2-1-3-5-7-9-11-15/h15-17H,1-14H2. The van der Waals surface area contributed by atoms with Crippen LogP contribution in [0.4, 0.5) is 0 Å². The van der Waals surface area contributed by atoms with Gasteiger partial charge in [0.05, 0.1) is 16.8 Å². The van der Waals surface area contributed by atoms with Crippen LogP contribution in [0.5, 0.6) is 0 Å². The highest BCUT2D eigenvalue weighted by Gasteiger charge is 2.37. The average molecular weight is 366 g/mol. The van der Waals surface area contributed by atoms with E-state index >= 15 is 0 Å². The maximum absolute atomic E-state index is 12.5. The largest absolute Gasteiger partial charge is 0.229 e. The Balaban J connectivity index is 1.91. The molecule has 2 aliphatic rings. The van der Waals surface area contributed by atoms with E-state index in [2.05, 4.69) is 4.72 Å². The first-order valence-corrected chi connectivity index (χ1v) is 12.5. The van der Waals surface area contributed by atoms with Crippen LogP contribution in [0.25, 0.3) is 0 Å². The number of sulfonamides is 1. The summed E-state index contributed by atoms with van der Waals surface area (Å²) >= 11 is 0. The van der Waals surface area contributed by atoms with Gasteiger partial charge in [0.15, 0.2) is 9.84 Å². The SMILES string of the molecule is O=S1(=O)CCC(S(=O)(=O)NC2CCCCCCCCCCC2)C1. The third kappa shape index (κ3) is 6.70. The minimum Gasteiger partial charge on any atom is -0.229 e. The highest BCUT2D eigenvalue weighted by Crippen LogP contribution is 2.21. The van der Waals surface area contributed by atoms with E-state index < -0.39 is 25.1 Å². The van der Waals surface area contributed by atoms with Crippen molar-refractivity contribution < 1.29 is 16.8 Å². The molecule has 1 aliphatic carbocycles. The molecule has 1 aliphatic heterocycles. The van der Waals surface area contributed by atoms with E-state index in [1.807, 2.05) is 0 Å². The molecule has 1 atom stereocenters. The summed E-state index contributed by atoms with van der Waals surface area (Å²) in [7, 11) is -6.70. The first-order chi connectivity index (χ1) is 10.9. The predicted molar refractivity (Wildman–Crippen MR) is 93.7 cm³/mol. The quantitative estimate of drug-likeness (QED) is 0.834. The molecule has 1 unspecified atom stereocenters. The molecule has 1 saturated heterocycles. The van der Waals surface area contributed by atoms with Crippen LogP contribution < -0.4 is 4.72 Å². The number of nitrogens with one attached hydrogen (secondary N) is 1. The average Bonchev–Trinajstić information content (AvgIpc) is 2.83. The molecule has 0 bridgehead atoms. The van der Waals surface area contributed by atoms with Gasteiger partial charge >= 0.3 is 0 Å².